The molecule has 0 aliphatic carbocycles. The summed E-state index contributed by atoms with van der Waals surface area (Å²) in [4.78, 5) is 14.3. The van der Waals surface area contributed by atoms with E-state index >= 15 is 0 Å². The molecule has 0 radical (unpaired) electrons. The Morgan fingerprint density at radius 3 is 2.76 bits per heavy atom. The molecule has 4 nitrogen and oxygen atoms in total. The Morgan fingerprint density at radius 2 is 2.10 bits per heavy atom. The van der Waals surface area contributed by atoms with E-state index in [-0.39, 0.29) is 18.3 Å². The molecule has 1 aromatic rings. The fourth-order valence-electron chi connectivity index (χ4n) is 2.75. The van der Waals surface area contributed by atoms with Gasteiger partial charge in [0.05, 0.1) is 6.54 Å². The molecule has 1 aliphatic heterocycles. The number of nitrogens with one attached hydrogen (secondary N) is 2. The summed E-state index contributed by atoms with van der Waals surface area (Å²) >= 11 is 0. The molecule has 0 spiro atoms. The Balaban J connectivity index is 1.81. The van der Waals surface area contributed by atoms with Crippen LogP contribution in [0.15, 0.2) is 24.3 Å². The van der Waals surface area contributed by atoms with Gasteiger partial charge in [-0.25, -0.2) is 4.39 Å². The molecule has 1 aliphatic rings. The fourth-order valence-corrected chi connectivity index (χ4v) is 2.75. The van der Waals surface area contributed by atoms with Crippen LogP contribution in [0.2, 0.25) is 0 Å². The minimum atomic E-state index is -0.275. The highest BCUT2D eigenvalue weighted by molar-refractivity contribution is 5.78. The highest BCUT2D eigenvalue weighted by Crippen LogP contribution is 2.11. The fraction of sp³-hybridized carbons (Fsp3) is 0.562. The van der Waals surface area contributed by atoms with Crippen molar-refractivity contribution in [3.8, 4) is 0 Å². The van der Waals surface area contributed by atoms with Crippen LogP contribution in [0.5, 0.6) is 0 Å². The predicted molar refractivity (Wildman–Crippen MR) is 81.4 cm³/mol. The third-order valence-corrected chi connectivity index (χ3v) is 4.01. The van der Waals surface area contributed by atoms with Crippen LogP contribution in [0.4, 0.5) is 4.39 Å². The first-order valence-corrected chi connectivity index (χ1v) is 7.65. The van der Waals surface area contributed by atoms with Crippen LogP contribution in [-0.2, 0) is 11.3 Å². The number of rotatable bonds is 6. The summed E-state index contributed by atoms with van der Waals surface area (Å²) in [5.41, 5.74) is 0.524. The van der Waals surface area contributed by atoms with Gasteiger partial charge in [-0.05, 0) is 38.5 Å². The lowest BCUT2D eigenvalue weighted by molar-refractivity contribution is -0.123. The second-order valence-corrected chi connectivity index (χ2v) is 5.41. The molecular weight excluding hydrogens is 269 g/mol. The van der Waals surface area contributed by atoms with Gasteiger partial charge in [0.1, 0.15) is 5.82 Å². The van der Waals surface area contributed by atoms with E-state index in [1.165, 1.54) is 6.07 Å². The zero-order chi connectivity index (χ0) is 15.1. The van der Waals surface area contributed by atoms with Crippen molar-refractivity contribution in [2.24, 2.45) is 0 Å². The monoisotopic (exact) mass is 293 g/mol. The molecule has 116 valence electrons. The van der Waals surface area contributed by atoms with Crippen molar-refractivity contribution in [1.82, 2.24) is 15.5 Å². The van der Waals surface area contributed by atoms with Crippen molar-refractivity contribution < 1.29 is 9.18 Å². The second-order valence-electron chi connectivity index (χ2n) is 5.41. The maximum absolute atomic E-state index is 13.5. The zero-order valence-corrected chi connectivity index (χ0v) is 12.6. The van der Waals surface area contributed by atoms with E-state index in [1.54, 1.807) is 18.2 Å². The van der Waals surface area contributed by atoms with Crippen molar-refractivity contribution in [1.29, 1.82) is 0 Å². The van der Waals surface area contributed by atoms with Gasteiger partial charge in [-0.15, -0.1) is 0 Å². The smallest absolute Gasteiger partial charge is 0.234 e. The van der Waals surface area contributed by atoms with Crippen molar-refractivity contribution in [3.05, 3.63) is 35.6 Å². The minimum Gasteiger partial charge on any atom is -0.351 e. The summed E-state index contributed by atoms with van der Waals surface area (Å²) in [5.74, 6) is -0.317. The lowest BCUT2D eigenvalue weighted by atomic mass is 10.0. The largest absolute Gasteiger partial charge is 0.351 e. The first-order valence-electron chi connectivity index (χ1n) is 7.65. The maximum Gasteiger partial charge on any atom is 0.234 e. The van der Waals surface area contributed by atoms with Gasteiger partial charge in [-0.2, -0.15) is 0 Å². The summed E-state index contributed by atoms with van der Waals surface area (Å²) in [6.45, 7) is 5.59. The molecule has 21 heavy (non-hydrogen) atoms. The van der Waals surface area contributed by atoms with E-state index in [1.807, 2.05) is 0 Å². The number of amides is 1. The Hall–Kier alpha value is -1.46. The van der Waals surface area contributed by atoms with Crippen LogP contribution in [0.3, 0.4) is 0 Å². The molecule has 2 rings (SSSR count). The third-order valence-electron chi connectivity index (χ3n) is 4.01. The summed E-state index contributed by atoms with van der Waals surface area (Å²) in [7, 11) is 0. The average Bonchev–Trinajstić information content (AvgIpc) is 2.52. The van der Waals surface area contributed by atoms with E-state index in [0.29, 0.717) is 18.2 Å². The van der Waals surface area contributed by atoms with Crippen LogP contribution in [0, 0.1) is 5.82 Å². The molecule has 1 aromatic carbocycles. The van der Waals surface area contributed by atoms with Gasteiger partial charge in [0, 0.05) is 18.2 Å². The van der Waals surface area contributed by atoms with Gasteiger partial charge in [0.2, 0.25) is 5.91 Å². The van der Waals surface area contributed by atoms with Crippen LogP contribution in [0.1, 0.15) is 25.3 Å². The normalized spacial score (nSPS) is 16.1. The van der Waals surface area contributed by atoms with Gasteiger partial charge in [-0.1, -0.05) is 25.1 Å². The number of nitrogens with zero attached hydrogens (tertiary/aromatic N) is 1. The average molecular weight is 293 g/mol. The molecule has 0 unspecified atom stereocenters. The summed E-state index contributed by atoms with van der Waals surface area (Å²) in [6.07, 6.45) is 2.16. The topological polar surface area (TPSA) is 44.4 Å². The Bertz CT molecular complexity index is 461. The highest BCUT2D eigenvalue weighted by atomic mass is 19.1. The Labute approximate surface area is 125 Å². The van der Waals surface area contributed by atoms with E-state index < -0.39 is 0 Å². The maximum atomic E-state index is 13.5. The van der Waals surface area contributed by atoms with Gasteiger partial charge in [0.25, 0.3) is 0 Å². The number of hydrogen-bond acceptors (Lipinski definition) is 3. The minimum absolute atomic E-state index is 0.0429. The molecule has 0 aromatic heterocycles. The number of carbonyl (C=O) groups excluding carboxylic acids is 1. The molecule has 1 heterocycles. The second kappa shape index (κ2) is 8.10. The zero-order valence-electron chi connectivity index (χ0n) is 12.6. The quantitative estimate of drug-likeness (QED) is 0.836. The predicted octanol–water partition coefficient (Wildman–Crippen LogP) is 1.52. The molecule has 0 saturated carbocycles. The number of piperidine rings is 1. The molecule has 0 bridgehead atoms. The molecule has 1 fully saturated rings. The van der Waals surface area contributed by atoms with E-state index in [0.717, 1.165) is 32.5 Å². The van der Waals surface area contributed by atoms with Crippen LogP contribution in [0.25, 0.3) is 0 Å². The molecule has 2 N–H and O–H groups in total. The van der Waals surface area contributed by atoms with E-state index in [9.17, 15) is 9.18 Å². The Morgan fingerprint density at radius 1 is 1.38 bits per heavy atom. The SMILES string of the molecule is CCN(CC(=O)NCc1ccccc1F)C1CCNCC1. The number of hydrogen-bond donors (Lipinski definition) is 2. The number of halogens is 1. The van der Waals surface area contributed by atoms with Gasteiger partial charge in [0.15, 0.2) is 0 Å². The van der Waals surface area contributed by atoms with E-state index in [2.05, 4.69) is 22.5 Å². The number of carbonyl (C=O) groups is 1. The third kappa shape index (κ3) is 4.79. The van der Waals surface area contributed by atoms with Crippen LogP contribution >= 0.6 is 0 Å². The van der Waals surface area contributed by atoms with Gasteiger partial charge >= 0.3 is 0 Å². The van der Waals surface area contributed by atoms with Crippen LogP contribution < -0.4 is 10.6 Å². The van der Waals surface area contributed by atoms with Crippen LogP contribution in [-0.4, -0.2) is 43.0 Å². The number of likely N-dealkylation sites (N-methyl/N-ethyl adjacent to an activating group) is 1. The van der Waals surface area contributed by atoms with Crippen molar-refractivity contribution in [2.45, 2.75) is 32.4 Å². The van der Waals surface area contributed by atoms with Gasteiger partial charge < -0.3 is 10.6 Å². The molecular formula is C16H24FN3O. The standard InChI is InChI=1S/C16H24FN3O/c1-2-20(14-7-9-18-10-8-14)12-16(21)19-11-13-5-3-4-6-15(13)17/h3-6,14,18H,2,7-12H2,1H3,(H,19,21). The van der Waals surface area contributed by atoms with Crippen molar-refractivity contribution >= 4 is 5.91 Å². The highest BCUT2D eigenvalue weighted by Gasteiger charge is 2.21. The first-order chi connectivity index (χ1) is 10.2. The first kappa shape index (κ1) is 15.9. The summed E-state index contributed by atoms with van der Waals surface area (Å²) in [6, 6.07) is 7.00. The molecule has 5 heteroatoms. The lowest BCUT2D eigenvalue weighted by Gasteiger charge is -2.33. The Kier molecular flexibility index (Phi) is 6.14. The van der Waals surface area contributed by atoms with Crippen molar-refractivity contribution in [2.75, 3.05) is 26.2 Å². The lowest BCUT2D eigenvalue weighted by Crippen LogP contribution is -2.47. The van der Waals surface area contributed by atoms with Gasteiger partial charge in [-0.3, -0.25) is 9.69 Å². The van der Waals surface area contributed by atoms with Crippen molar-refractivity contribution in [3.63, 3.8) is 0 Å². The van der Waals surface area contributed by atoms with E-state index in [4.69, 9.17) is 0 Å². The molecule has 0 atom stereocenters. The summed E-state index contributed by atoms with van der Waals surface area (Å²) in [5, 5.41) is 6.14. The number of benzene rings is 1. The molecule has 1 amide bonds. The molecule has 1 saturated heterocycles. The summed E-state index contributed by atoms with van der Waals surface area (Å²) < 4.78 is 13.5.